The topological polar surface area (TPSA) is 179 Å². The maximum atomic E-state index is 12.5. The molecule has 1 fully saturated rings. The number of hydrogen-bond acceptors (Lipinski definition) is 10. The Kier molecular flexibility index (Phi) is 9.19. The maximum Gasteiger partial charge on any atom is 0.254 e. The lowest BCUT2D eigenvalue weighted by Gasteiger charge is -2.30. The van der Waals surface area contributed by atoms with Gasteiger partial charge in [-0.1, -0.05) is 0 Å². The van der Waals surface area contributed by atoms with Gasteiger partial charge in [0.1, 0.15) is 17.1 Å². The van der Waals surface area contributed by atoms with Crippen molar-refractivity contribution in [2.75, 3.05) is 44.9 Å². The zero-order valence-electron chi connectivity index (χ0n) is 21.9. The van der Waals surface area contributed by atoms with Crippen LogP contribution in [0.1, 0.15) is 39.1 Å². The Morgan fingerprint density at radius 2 is 2.08 bits per heavy atom. The van der Waals surface area contributed by atoms with Gasteiger partial charge in [-0.25, -0.2) is 4.98 Å². The molecule has 6 N–H and O–H groups in total. The molecular weight excluding hydrogens is 490 g/mol. The number of likely N-dealkylation sites (tertiary alicyclic amines) is 1. The van der Waals surface area contributed by atoms with Crippen molar-refractivity contribution in [3.05, 3.63) is 46.9 Å². The summed E-state index contributed by atoms with van der Waals surface area (Å²) in [7, 11) is 4.79. The van der Waals surface area contributed by atoms with Crippen molar-refractivity contribution in [1.29, 1.82) is 5.41 Å². The van der Waals surface area contributed by atoms with E-state index in [1.807, 2.05) is 0 Å². The van der Waals surface area contributed by atoms with E-state index in [-0.39, 0.29) is 29.3 Å². The Morgan fingerprint density at radius 3 is 2.71 bits per heavy atom. The molecule has 0 radical (unpaired) electrons. The van der Waals surface area contributed by atoms with Gasteiger partial charge in [0, 0.05) is 57.4 Å². The van der Waals surface area contributed by atoms with Crippen molar-refractivity contribution >= 4 is 41.9 Å². The van der Waals surface area contributed by atoms with Gasteiger partial charge in [0.15, 0.2) is 0 Å². The van der Waals surface area contributed by atoms with Crippen LogP contribution < -0.4 is 26.4 Å². The molecule has 1 aromatic heterocycles. The lowest BCUT2D eigenvalue weighted by Crippen LogP contribution is -2.43. The van der Waals surface area contributed by atoms with E-state index in [0.29, 0.717) is 34.8 Å². The Balaban J connectivity index is 1.87. The van der Waals surface area contributed by atoms with Crippen molar-refractivity contribution < 1.29 is 19.1 Å². The number of primary amides is 1. The zero-order chi connectivity index (χ0) is 27.8. The number of allylic oxidation sites excluding steroid dienone is 1. The van der Waals surface area contributed by atoms with Crippen LogP contribution in [0.3, 0.4) is 0 Å². The number of rotatable bonds is 11. The van der Waals surface area contributed by atoms with Gasteiger partial charge < -0.3 is 41.6 Å². The summed E-state index contributed by atoms with van der Waals surface area (Å²) in [6.07, 6.45) is 6.61. The van der Waals surface area contributed by atoms with Gasteiger partial charge in [0.05, 0.1) is 18.5 Å². The third kappa shape index (κ3) is 6.75. The van der Waals surface area contributed by atoms with Gasteiger partial charge >= 0.3 is 0 Å². The summed E-state index contributed by atoms with van der Waals surface area (Å²) in [5.41, 5.74) is 7.58. The lowest BCUT2D eigenvalue weighted by molar-refractivity contribution is -0.119. The van der Waals surface area contributed by atoms with Gasteiger partial charge in [-0.3, -0.25) is 14.4 Å². The monoisotopic (exact) mass is 523 g/mol. The maximum absolute atomic E-state index is 12.5. The number of nitrogens with two attached hydrogens (primary N) is 1. The Labute approximate surface area is 220 Å². The fraction of sp³-hybridized carbons (Fsp3) is 0.360. The summed E-state index contributed by atoms with van der Waals surface area (Å²) < 4.78 is 5.51. The highest BCUT2D eigenvalue weighted by Crippen LogP contribution is 2.33. The van der Waals surface area contributed by atoms with Gasteiger partial charge in [-0.2, -0.15) is 4.98 Å². The molecule has 2 aromatic rings. The number of benzene rings is 1. The SMILES string of the molecule is COc1cc(C(=O)N(C)C)cc(C)c1Nc1nc(N/C(C=N)=C/NC2CCCN(C=O)C2)ncc1C(N)=O. The van der Waals surface area contributed by atoms with Crippen molar-refractivity contribution in [2.45, 2.75) is 25.8 Å². The third-order valence-corrected chi connectivity index (χ3v) is 5.96. The minimum absolute atomic E-state index is 0.0418. The van der Waals surface area contributed by atoms with Gasteiger partial charge in [0.2, 0.25) is 12.4 Å². The summed E-state index contributed by atoms with van der Waals surface area (Å²) in [6, 6.07) is 3.36. The fourth-order valence-corrected chi connectivity index (χ4v) is 3.98. The number of ether oxygens (including phenoxy) is 1. The summed E-state index contributed by atoms with van der Waals surface area (Å²) in [5.74, 6) is -0.315. The van der Waals surface area contributed by atoms with Crippen LogP contribution in [0.5, 0.6) is 5.75 Å². The van der Waals surface area contributed by atoms with E-state index < -0.39 is 5.91 Å². The van der Waals surface area contributed by atoms with E-state index in [9.17, 15) is 14.4 Å². The molecule has 13 heteroatoms. The summed E-state index contributed by atoms with van der Waals surface area (Å²) in [5, 5.41) is 17.0. The summed E-state index contributed by atoms with van der Waals surface area (Å²) in [6.45, 7) is 3.10. The number of hydrogen-bond donors (Lipinski definition) is 5. The first-order chi connectivity index (χ1) is 18.2. The normalized spacial score (nSPS) is 15.3. The van der Waals surface area contributed by atoms with Crippen molar-refractivity contribution in [3.63, 3.8) is 0 Å². The van der Waals surface area contributed by atoms with Crippen molar-refractivity contribution in [3.8, 4) is 5.75 Å². The number of aromatic nitrogens is 2. The molecule has 1 atom stereocenters. The number of carbonyl (C=O) groups excluding carboxylic acids is 3. The highest BCUT2D eigenvalue weighted by molar-refractivity contribution is 5.99. The summed E-state index contributed by atoms with van der Waals surface area (Å²) >= 11 is 0. The Hall–Kier alpha value is -4.68. The van der Waals surface area contributed by atoms with Crippen LogP contribution in [0.2, 0.25) is 0 Å². The molecule has 1 aromatic carbocycles. The Bertz CT molecular complexity index is 1250. The molecule has 202 valence electrons. The number of anilines is 3. The second kappa shape index (κ2) is 12.5. The van der Waals surface area contributed by atoms with Gasteiger partial charge in [0.25, 0.3) is 11.8 Å². The van der Waals surface area contributed by atoms with Crippen LogP contribution in [-0.4, -0.2) is 84.5 Å². The molecule has 1 unspecified atom stereocenters. The number of methoxy groups -OCH3 is 1. The molecule has 3 amide bonds. The molecule has 38 heavy (non-hydrogen) atoms. The minimum atomic E-state index is -0.739. The van der Waals surface area contributed by atoms with E-state index >= 15 is 0 Å². The van der Waals surface area contributed by atoms with Crippen LogP contribution in [0, 0.1) is 12.3 Å². The van der Waals surface area contributed by atoms with E-state index in [0.717, 1.165) is 32.0 Å². The summed E-state index contributed by atoms with van der Waals surface area (Å²) in [4.78, 5) is 47.4. The highest BCUT2D eigenvalue weighted by atomic mass is 16.5. The molecule has 0 saturated carbocycles. The first-order valence-electron chi connectivity index (χ1n) is 11.9. The number of amides is 3. The standard InChI is InChI=1S/C25H33N9O4/c1-15-8-16(24(37)33(2)3)9-20(38-4)21(15)31-23-19(22(27)36)12-29-25(32-23)30-18(10-26)11-28-17-6-5-7-34(13-17)14-35/h8-12,14,17,26,28H,5-7,13H2,1-4H3,(H2,27,36)(H2,29,30,31,32)/b18-11+,26-10?. The zero-order valence-corrected chi connectivity index (χ0v) is 21.9. The second-order valence-electron chi connectivity index (χ2n) is 8.99. The van der Waals surface area contributed by atoms with Crippen molar-refractivity contribution in [2.24, 2.45) is 5.73 Å². The molecule has 0 aliphatic carbocycles. The smallest absolute Gasteiger partial charge is 0.254 e. The predicted molar refractivity (Wildman–Crippen MR) is 144 cm³/mol. The fourth-order valence-electron chi connectivity index (χ4n) is 3.98. The average Bonchev–Trinajstić information content (AvgIpc) is 2.91. The lowest BCUT2D eigenvalue weighted by atomic mass is 10.1. The second-order valence-corrected chi connectivity index (χ2v) is 8.99. The number of carbonyl (C=O) groups is 3. The molecule has 0 bridgehead atoms. The molecule has 1 saturated heterocycles. The first kappa shape index (κ1) is 27.9. The average molecular weight is 524 g/mol. The minimum Gasteiger partial charge on any atom is -0.495 e. The predicted octanol–water partition coefficient (Wildman–Crippen LogP) is 1.45. The molecule has 13 nitrogen and oxygen atoms in total. The molecule has 2 heterocycles. The molecule has 0 spiro atoms. The van der Waals surface area contributed by atoms with Crippen LogP contribution in [0.4, 0.5) is 17.5 Å². The third-order valence-electron chi connectivity index (χ3n) is 5.96. The quantitative estimate of drug-likeness (QED) is 0.215. The van der Waals surface area contributed by atoms with E-state index in [4.69, 9.17) is 15.9 Å². The number of piperidine rings is 1. The van der Waals surface area contributed by atoms with Crippen LogP contribution in [0.15, 0.2) is 30.2 Å². The van der Waals surface area contributed by atoms with Gasteiger partial charge in [-0.05, 0) is 37.5 Å². The van der Waals surface area contributed by atoms with Crippen LogP contribution >= 0.6 is 0 Å². The molecule has 3 rings (SSSR count). The van der Waals surface area contributed by atoms with Crippen molar-refractivity contribution in [1.82, 2.24) is 25.1 Å². The number of nitrogens with one attached hydrogen (secondary N) is 4. The van der Waals surface area contributed by atoms with Crippen LogP contribution in [0.25, 0.3) is 0 Å². The molecule has 1 aliphatic rings. The highest BCUT2D eigenvalue weighted by Gasteiger charge is 2.20. The van der Waals surface area contributed by atoms with E-state index in [1.54, 1.807) is 44.3 Å². The number of nitrogens with zero attached hydrogens (tertiary/aromatic N) is 4. The first-order valence-corrected chi connectivity index (χ1v) is 11.9. The number of aryl methyl sites for hydroxylation is 1. The van der Waals surface area contributed by atoms with E-state index in [1.165, 1.54) is 18.2 Å². The molecular formula is C25H33N9O4. The molecule has 1 aliphatic heterocycles. The Morgan fingerprint density at radius 1 is 1.32 bits per heavy atom. The van der Waals surface area contributed by atoms with Gasteiger partial charge in [-0.15, -0.1) is 0 Å². The van der Waals surface area contributed by atoms with E-state index in [2.05, 4.69) is 25.9 Å². The largest absolute Gasteiger partial charge is 0.495 e. The van der Waals surface area contributed by atoms with Crippen LogP contribution in [-0.2, 0) is 4.79 Å².